The lowest BCUT2D eigenvalue weighted by atomic mass is 10.1. The van der Waals surface area contributed by atoms with Gasteiger partial charge in [0.2, 0.25) is 5.91 Å². The van der Waals surface area contributed by atoms with E-state index in [9.17, 15) is 14.4 Å². The molecule has 0 saturated heterocycles. The van der Waals surface area contributed by atoms with E-state index in [2.05, 4.69) is 5.32 Å². The van der Waals surface area contributed by atoms with Gasteiger partial charge in [-0.1, -0.05) is 12.1 Å². The third kappa shape index (κ3) is 5.31. The van der Waals surface area contributed by atoms with Gasteiger partial charge in [-0.3, -0.25) is 14.4 Å². The molecule has 0 saturated carbocycles. The molecular weight excluding hydrogens is 280 g/mol. The second-order valence-corrected chi connectivity index (χ2v) is 4.74. The Bertz CT molecular complexity index is 505. The molecule has 1 rings (SSSR count). The molecule has 2 amide bonds. The van der Waals surface area contributed by atoms with Gasteiger partial charge in [-0.05, 0) is 19.1 Å². The molecule has 0 aliphatic rings. The van der Waals surface area contributed by atoms with Gasteiger partial charge in [-0.25, -0.2) is 0 Å². The number of hydrogen-bond acceptors (Lipinski definition) is 5. The summed E-state index contributed by atoms with van der Waals surface area (Å²) in [5, 5.41) is 2.58. The Morgan fingerprint density at radius 1 is 1.25 bits per heavy atom. The van der Waals surface area contributed by atoms with Crippen LogP contribution in [0.1, 0.15) is 17.3 Å². The zero-order valence-corrected chi connectivity index (χ0v) is 11.9. The van der Waals surface area contributed by atoms with Crippen LogP contribution in [0.25, 0.3) is 0 Å². The van der Waals surface area contributed by atoms with Crippen molar-refractivity contribution in [1.82, 2.24) is 0 Å². The first-order chi connectivity index (χ1) is 9.54. The van der Waals surface area contributed by atoms with Crippen LogP contribution in [0.5, 0.6) is 0 Å². The summed E-state index contributed by atoms with van der Waals surface area (Å²) in [6.07, 6.45) is 0. The van der Waals surface area contributed by atoms with Crippen molar-refractivity contribution in [2.75, 3.05) is 23.4 Å². The summed E-state index contributed by atoms with van der Waals surface area (Å²) >= 11 is 1.14. The number of nitrogens with one attached hydrogen (secondary N) is 1. The standard InChI is InChI=1S/C13H16N2O4S/c1-2-19-12(17)8-20-7-11(16)15-10-6-4-3-5-9(10)13(14)18/h3-6H,2,7-8H2,1H3,(H2,14,18)(H,15,16). The summed E-state index contributed by atoms with van der Waals surface area (Å²) in [6, 6.07) is 6.47. The fourth-order valence-corrected chi connectivity index (χ4v) is 2.03. The second kappa shape index (κ2) is 8.21. The first-order valence-corrected chi connectivity index (χ1v) is 7.12. The zero-order chi connectivity index (χ0) is 15.0. The zero-order valence-electron chi connectivity index (χ0n) is 11.0. The van der Waals surface area contributed by atoms with E-state index in [1.165, 1.54) is 6.07 Å². The molecule has 20 heavy (non-hydrogen) atoms. The maximum Gasteiger partial charge on any atom is 0.315 e. The van der Waals surface area contributed by atoms with E-state index in [4.69, 9.17) is 10.5 Å². The van der Waals surface area contributed by atoms with Crippen LogP contribution in [-0.4, -0.2) is 35.9 Å². The first kappa shape index (κ1) is 16.0. The van der Waals surface area contributed by atoms with Crippen LogP contribution in [0.3, 0.4) is 0 Å². The Balaban J connectivity index is 2.47. The van der Waals surface area contributed by atoms with Crippen molar-refractivity contribution in [3.8, 4) is 0 Å². The maximum absolute atomic E-state index is 11.7. The van der Waals surface area contributed by atoms with Gasteiger partial charge in [-0.15, -0.1) is 11.8 Å². The summed E-state index contributed by atoms with van der Waals surface area (Å²) in [5.41, 5.74) is 5.82. The van der Waals surface area contributed by atoms with Crippen molar-refractivity contribution in [2.45, 2.75) is 6.92 Å². The van der Waals surface area contributed by atoms with Crippen LogP contribution >= 0.6 is 11.8 Å². The van der Waals surface area contributed by atoms with Crippen LogP contribution in [0.2, 0.25) is 0 Å². The van der Waals surface area contributed by atoms with Crippen molar-refractivity contribution < 1.29 is 19.1 Å². The van der Waals surface area contributed by atoms with Crippen molar-refractivity contribution in [3.05, 3.63) is 29.8 Å². The minimum absolute atomic E-state index is 0.0892. The summed E-state index contributed by atoms with van der Waals surface area (Å²) in [6.45, 7) is 2.04. The Labute approximate surface area is 121 Å². The summed E-state index contributed by atoms with van der Waals surface area (Å²) in [4.78, 5) is 34.0. The number of thioether (sulfide) groups is 1. The number of carbonyl (C=O) groups excluding carboxylic acids is 3. The van der Waals surface area contributed by atoms with Gasteiger partial charge in [0.15, 0.2) is 0 Å². The van der Waals surface area contributed by atoms with E-state index in [1.54, 1.807) is 25.1 Å². The highest BCUT2D eigenvalue weighted by molar-refractivity contribution is 8.00. The van der Waals surface area contributed by atoms with E-state index in [1.807, 2.05) is 0 Å². The molecule has 0 radical (unpaired) electrons. The van der Waals surface area contributed by atoms with E-state index in [-0.39, 0.29) is 28.9 Å². The topological polar surface area (TPSA) is 98.5 Å². The lowest BCUT2D eigenvalue weighted by Crippen LogP contribution is -2.20. The van der Waals surface area contributed by atoms with Crippen LogP contribution in [0.15, 0.2) is 24.3 Å². The van der Waals surface area contributed by atoms with E-state index in [0.717, 1.165) is 11.8 Å². The van der Waals surface area contributed by atoms with E-state index < -0.39 is 5.91 Å². The smallest absolute Gasteiger partial charge is 0.315 e. The molecular formula is C13H16N2O4S. The molecule has 0 aliphatic carbocycles. The number of primary amides is 1. The van der Waals surface area contributed by atoms with Crippen LogP contribution in [-0.2, 0) is 14.3 Å². The fraction of sp³-hybridized carbons (Fsp3) is 0.308. The van der Waals surface area contributed by atoms with Crippen LogP contribution in [0, 0.1) is 0 Å². The Kier molecular flexibility index (Phi) is 6.58. The molecule has 6 nitrogen and oxygen atoms in total. The summed E-state index contributed by atoms with van der Waals surface area (Å²) in [5.74, 6) is -1.08. The fourth-order valence-electron chi connectivity index (χ4n) is 1.42. The molecule has 0 heterocycles. The number of nitrogens with two attached hydrogens (primary N) is 1. The predicted molar refractivity (Wildman–Crippen MR) is 77.5 cm³/mol. The number of rotatable bonds is 7. The lowest BCUT2D eigenvalue weighted by molar-refractivity contribution is -0.139. The maximum atomic E-state index is 11.7. The van der Waals surface area contributed by atoms with Gasteiger partial charge in [-0.2, -0.15) is 0 Å². The molecule has 0 unspecified atom stereocenters. The van der Waals surface area contributed by atoms with Crippen molar-refractivity contribution in [3.63, 3.8) is 0 Å². The third-order valence-electron chi connectivity index (χ3n) is 2.23. The predicted octanol–water partition coefficient (Wildman–Crippen LogP) is 1.02. The molecule has 1 aromatic rings. The summed E-state index contributed by atoms with van der Waals surface area (Å²) < 4.78 is 4.74. The number of benzene rings is 1. The lowest BCUT2D eigenvalue weighted by Gasteiger charge is -2.08. The molecule has 7 heteroatoms. The van der Waals surface area contributed by atoms with Gasteiger partial charge in [0, 0.05) is 0 Å². The highest BCUT2D eigenvalue weighted by Gasteiger charge is 2.11. The van der Waals surface area contributed by atoms with Crippen LogP contribution in [0.4, 0.5) is 5.69 Å². The number of carbonyl (C=O) groups is 3. The molecule has 0 bridgehead atoms. The largest absolute Gasteiger partial charge is 0.465 e. The number of esters is 1. The first-order valence-electron chi connectivity index (χ1n) is 5.96. The third-order valence-corrected chi connectivity index (χ3v) is 3.13. The van der Waals surface area contributed by atoms with Gasteiger partial charge in [0.05, 0.1) is 29.4 Å². The second-order valence-electron chi connectivity index (χ2n) is 3.76. The van der Waals surface area contributed by atoms with Gasteiger partial charge >= 0.3 is 5.97 Å². The number of ether oxygens (including phenoxy) is 1. The molecule has 0 fully saturated rings. The molecule has 108 valence electrons. The summed E-state index contributed by atoms with van der Waals surface area (Å²) in [7, 11) is 0. The molecule has 1 aromatic carbocycles. The quantitative estimate of drug-likeness (QED) is 0.732. The van der Waals surface area contributed by atoms with Gasteiger partial charge < -0.3 is 15.8 Å². The Morgan fingerprint density at radius 2 is 1.95 bits per heavy atom. The van der Waals surface area contributed by atoms with Crippen molar-refractivity contribution in [2.24, 2.45) is 5.73 Å². The average molecular weight is 296 g/mol. The molecule has 0 aromatic heterocycles. The minimum atomic E-state index is -0.611. The van der Waals surface area contributed by atoms with Crippen LogP contribution < -0.4 is 11.1 Å². The highest BCUT2D eigenvalue weighted by Crippen LogP contribution is 2.14. The normalized spacial score (nSPS) is 9.85. The van der Waals surface area contributed by atoms with E-state index in [0.29, 0.717) is 12.3 Å². The Hall–Kier alpha value is -2.02. The highest BCUT2D eigenvalue weighted by atomic mass is 32.2. The molecule has 0 atom stereocenters. The molecule has 0 aliphatic heterocycles. The Morgan fingerprint density at radius 3 is 2.60 bits per heavy atom. The van der Waals surface area contributed by atoms with Crippen molar-refractivity contribution >= 4 is 35.2 Å². The number of para-hydroxylation sites is 1. The number of anilines is 1. The SMILES string of the molecule is CCOC(=O)CSCC(=O)Nc1ccccc1C(N)=O. The monoisotopic (exact) mass is 296 g/mol. The minimum Gasteiger partial charge on any atom is -0.465 e. The molecule has 0 spiro atoms. The number of hydrogen-bond donors (Lipinski definition) is 2. The van der Waals surface area contributed by atoms with Crippen molar-refractivity contribution in [1.29, 1.82) is 0 Å². The molecule has 3 N–H and O–H groups in total. The van der Waals surface area contributed by atoms with Gasteiger partial charge in [0.1, 0.15) is 0 Å². The van der Waals surface area contributed by atoms with E-state index >= 15 is 0 Å². The van der Waals surface area contributed by atoms with Gasteiger partial charge in [0.25, 0.3) is 5.91 Å². The number of amides is 2. The average Bonchev–Trinajstić information content (AvgIpc) is 2.39.